The van der Waals surface area contributed by atoms with E-state index in [1.807, 2.05) is 30.3 Å². The smallest absolute Gasteiger partial charge is 0.487 e. The third-order valence-corrected chi connectivity index (χ3v) is 7.26. The van der Waals surface area contributed by atoms with Gasteiger partial charge in [-0.1, -0.05) is 30.0 Å². The number of carbonyl (C=O) groups is 2. The highest BCUT2D eigenvalue weighted by Crippen LogP contribution is 2.52. The minimum Gasteiger partial charge on any atom is -0.487 e. The molecule has 13 heteroatoms. The van der Waals surface area contributed by atoms with Crippen LogP contribution in [0.1, 0.15) is 20.8 Å². The van der Waals surface area contributed by atoms with Crippen LogP contribution in [0, 0.1) is 0 Å². The van der Waals surface area contributed by atoms with E-state index in [1.54, 1.807) is 13.8 Å². The summed E-state index contributed by atoms with van der Waals surface area (Å²) >= 11 is 1.27. The van der Waals surface area contributed by atoms with E-state index in [0.29, 0.717) is 10.8 Å². The Labute approximate surface area is 195 Å². The number of rotatable bonds is 12. The van der Waals surface area contributed by atoms with Crippen molar-refractivity contribution in [2.75, 3.05) is 26.9 Å². The second-order valence-corrected chi connectivity index (χ2v) is 9.39. The van der Waals surface area contributed by atoms with Crippen molar-refractivity contribution in [2.24, 2.45) is 4.99 Å². The van der Waals surface area contributed by atoms with Gasteiger partial charge >= 0.3 is 13.8 Å². The van der Waals surface area contributed by atoms with E-state index in [9.17, 15) is 14.2 Å². The predicted molar refractivity (Wildman–Crippen MR) is 119 cm³/mol. The molecule has 0 aromatic heterocycles. The van der Waals surface area contributed by atoms with Crippen molar-refractivity contribution in [3.63, 3.8) is 0 Å². The van der Waals surface area contributed by atoms with Gasteiger partial charge in [-0.15, -0.1) is 0 Å². The molecule has 1 fully saturated rings. The summed E-state index contributed by atoms with van der Waals surface area (Å²) in [4.78, 5) is 40.1. The average molecular weight is 500 g/mol. The highest BCUT2D eigenvalue weighted by atomic mass is 32.2. The number of phosphoric acid groups is 1. The fourth-order valence-corrected chi connectivity index (χ4v) is 5.56. The molecule has 0 aliphatic carbocycles. The Balaban J connectivity index is 1.79. The summed E-state index contributed by atoms with van der Waals surface area (Å²) in [5, 5.41) is 0.0699. The number of hydrogen-bond acceptors (Lipinski definition) is 11. The lowest BCUT2D eigenvalue weighted by Crippen LogP contribution is -2.61. The largest absolute Gasteiger partial charge is 0.529 e. The Kier molecular flexibility index (Phi) is 8.55. The number of likely N-dealkylation sites (tertiary alicyclic amines) is 1. The van der Waals surface area contributed by atoms with E-state index >= 15 is 0 Å². The van der Waals surface area contributed by atoms with Gasteiger partial charge < -0.3 is 9.26 Å². The minimum atomic E-state index is -4.02. The number of β-lactam (4-membered cyclic amide) rings is 1. The maximum Gasteiger partial charge on any atom is 0.529 e. The number of thioether (sulfide) groups is 1. The fraction of sp³-hybridized carbons (Fsp3) is 0.450. The quantitative estimate of drug-likeness (QED) is 0.106. The highest BCUT2D eigenvalue weighted by Gasteiger charge is 2.56. The maximum absolute atomic E-state index is 12.8. The minimum absolute atomic E-state index is 0.0459. The van der Waals surface area contributed by atoms with Gasteiger partial charge in [0, 0.05) is 0 Å². The number of fused-ring (bicyclic) bond motifs is 1. The molecule has 0 radical (unpaired) electrons. The van der Waals surface area contributed by atoms with Gasteiger partial charge in [-0.3, -0.25) is 28.6 Å². The first-order valence-electron chi connectivity index (χ1n) is 10.1. The first-order chi connectivity index (χ1) is 15.8. The van der Waals surface area contributed by atoms with Crippen molar-refractivity contribution >= 4 is 36.5 Å². The molecular formula is C20H25N2O9PS. The number of benzene rings is 1. The molecule has 1 aromatic carbocycles. The SMILES string of the molecule is CCOP(=O)(OCC)OC(C)=C(C(=O)OOC)N1C(=O)C2N=C(COc3ccccc3)SC21. The number of ether oxygens (including phenoxy) is 1. The molecule has 2 unspecified atom stereocenters. The van der Waals surface area contributed by atoms with Gasteiger partial charge in [-0.25, -0.2) is 9.36 Å². The first-order valence-corrected chi connectivity index (χ1v) is 12.5. The fourth-order valence-electron chi connectivity index (χ4n) is 3.12. The van der Waals surface area contributed by atoms with Crippen LogP contribution in [0.3, 0.4) is 0 Å². The van der Waals surface area contributed by atoms with Crippen LogP contribution < -0.4 is 4.74 Å². The Morgan fingerprint density at radius 3 is 2.45 bits per heavy atom. The maximum atomic E-state index is 12.8. The van der Waals surface area contributed by atoms with E-state index in [4.69, 9.17) is 18.3 Å². The Hall–Kier alpha value is -2.37. The van der Waals surface area contributed by atoms with Gasteiger partial charge in [0.2, 0.25) is 0 Å². The zero-order valence-corrected chi connectivity index (χ0v) is 20.3. The van der Waals surface area contributed by atoms with Gasteiger partial charge in [0.25, 0.3) is 5.91 Å². The van der Waals surface area contributed by atoms with Crippen molar-refractivity contribution in [2.45, 2.75) is 32.2 Å². The molecule has 1 saturated heterocycles. The van der Waals surface area contributed by atoms with Crippen LogP contribution >= 0.6 is 19.6 Å². The number of amides is 1. The predicted octanol–water partition coefficient (Wildman–Crippen LogP) is 3.28. The van der Waals surface area contributed by atoms with Crippen molar-refractivity contribution in [1.82, 2.24) is 4.90 Å². The van der Waals surface area contributed by atoms with Crippen molar-refractivity contribution < 1.29 is 42.2 Å². The zero-order valence-electron chi connectivity index (χ0n) is 18.6. The molecule has 1 amide bonds. The van der Waals surface area contributed by atoms with Crippen LogP contribution in [0.4, 0.5) is 0 Å². The van der Waals surface area contributed by atoms with Crippen LogP contribution in [0.15, 0.2) is 46.8 Å². The highest BCUT2D eigenvalue weighted by molar-refractivity contribution is 8.15. The van der Waals surface area contributed by atoms with Crippen LogP contribution in [0.5, 0.6) is 5.75 Å². The van der Waals surface area contributed by atoms with Crippen LogP contribution in [-0.2, 0) is 37.5 Å². The van der Waals surface area contributed by atoms with Gasteiger partial charge in [0.1, 0.15) is 28.5 Å². The average Bonchev–Trinajstić information content (AvgIpc) is 3.16. The number of allylic oxidation sites excluding steroid dienone is 1. The number of phosphoric ester groups is 1. The molecule has 11 nitrogen and oxygen atoms in total. The molecule has 3 rings (SSSR count). The van der Waals surface area contributed by atoms with E-state index in [-0.39, 0.29) is 31.3 Å². The summed E-state index contributed by atoms with van der Waals surface area (Å²) in [6, 6.07) is 8.50. The Morgan fingerprint density at radius 2 is 1.85 bits per heavy atom. The van der Waals surface area contributed by atoms with Crippen LogP contribution in [0.25, 0.3) is 0 Å². The summed E-state index contributed by atoms with van der Waals surface area (Å²) in [5.41, 5.74) is -0.282. The molecule has 2 aliphatic heterocycles. The number of hydrogen-bond donors (Lipinski definition) is 0. The molecular weight excluding hydrogens is 475 g/mol. The van der Waals surface area contributed by atoms with Gasteiger partial charge in [-0.2, -0.15) is 4.89 Å². The number of carbonyl (C=O) groups excluding carboxylic acids is 2. The first kappa shape index (κ1) is 25.3. The monoisotopic (exact) mass is 500 g/mol. The topological polar surface area (TPSA) is 122 Å². The van der Waals surface area contributed by atoms with Gasteiger partial charge in [0.15, 0.2) is 11.7 Å². The van der Waals surface area contributed by atoms with Gasteiger partial charge in [-0.05, 0) is 32.9 Å². The van der Waals surface area contributed by atoms with Gasteiger partial charge in [0.05, 0.1) is 20.3 Å². The number of aliphatic imine (C=N–C) groups is 1. The molecule has 0 bridgehead atoms. The molecule has 33 heavy (non-hydrogen) atoms. The van der Waals surface area contributed by atoms with E-state index in [0.717, 1.165) is 7.11 Å². The number of para-hydroxylation sites is 1. The summed E-state index contributed by atoms with van der Waals surface area (Å²) in [6.45, 7) is 4.85. The van der Waals surface area contributed by atoms with E-state index < -0.39 is 31.1 Å². The molecule has 2 heterocycles. The number of nitrogens with zero attached hydrogens (tertiary/aromatic N) is 2. The summed E-state index contributed by atoms with van der Waals surface area (Å²) in [6.07, 6.45) is 0. The third-order valence-electron chi connectivity index (χ3n) is 4.41. The molecule has 180 valence electrons. The van der Waals surface area contributed by atoms with Crippen molar-refractivity contribution in [3.05, 3.63) is 41.8 Å². The lowest BCUT2D eigenvalue weighted by molar-refractivity contribution is -0.252. The van der Waals surface area contributed by atoms with Crippen LogP contribution in [-0.4, -0.2) is 60.2 Å². The normalized spacial score (nSPS) is 20.4. The van der Waals surface area contributed by atoms with Crippen LogP contribution in [0.2, 0.25) is 0 Å². The molecule has 2 atom stereocenters. The Bertz CT molecular complexity index is 975. The molecule has 0 saturated carbocycles. The zero-order chi connectivity index (χ0) is 24.0. The summed E-state index contributed by atoms with van der Waals surface area (Å²) in [5.74, 6) is -0.963. The summed E-state index contributed by atoms with van der Waals surface area (Å²) in [7, 11) is -2.88. The Morgan fingerprint density at radius 1 is 1.18 bits per heavy atom. The second kappa shape index (κ2) is 11.2. The molecule has 1 aromatic rings. The van der Waals surface area contributed by atoms with Crippen molar-refractivity contribution in [1.29, 1.82) is 0 Å². The summed E-state index contributed by atoms with van der Waals surface area (Å²) < 4.78 is 34.1. The third kappa shape index (κ3) is 5.77. The van der Waals surface area contributed by atoms with E-state index in [1.165, 1.54) is 23.6 Å². The van der Waals surface area contributed by atoms with Crippen molar-refractivity contribution in [3.8, 4) is 5.75 Å². The van der Waals surface area contributed by atoms with E-state index in [2.05, 4.69) is 14.8 Å². The lowest BCUT2D eigenvalue weighted by Gasteiger charge is -2.41. The molecule has 2 aliphatic rings. The molecule has 0 spiro atoms. The second-order valence-electron chi connectivity index (χ2n) is 6.60. The lowest BCUT2D eigenvalue weighted by atomic mass is 10.1. The molecule has 0 N–H and O–H groups in total. The standard InChI is InChI=1S/C20H25N2O9PS/c1-5-28-32(25,29-6-2)31-13(3)17(20(24)30-26-4)22-18(23)16-19(22)33-15(21-16)12-27-14-10-8-7-9-11-14/h7-11,16,19H,5-6,12H2,1-4H3.